The highest BCUT2D eigenvalue weighted by Gasteiger charge is 1.99. The average Bonchev–Trinajstić information content (AvgIpc) is 2.52. The first-order chi connectivity index (χ1) is 9.78. The van der Waals surface area contributed by atoms with Gasteiger partial charge in [-0.05, 0) is 29.3 Å². The van der Waals surface area contributed by atoms with Gasteiger partial charge in [-0.2, -0.15) is 5.26 Å². The minimum Gasteiger partial charge on any atom is -0.458 e. The third-order valence-corrected chi connectivity index (χ3v) is 2.68. The van der Waals surface area contributed by atoms with Crippen LogP contribution in [0.3, 0.4) is 0 Å². The summed E-state index contributed by atoms with van der Waals surface area (Å²) in [5.74, 6) is -0.391. The number of hydrogen-bond acceptors (Lipinski definition) is 3. The van der Waals surface area contributed by atoms with Gasteiger partial charge in [0.25, 0.3) is 0 Å². The van der Waals surface area contributed by atoms with E-state index in [1.165, 1.54) is 6.08 Å². The first-order valence-electron chi connectivity index (χ1n) is 6.17. The van der Waals surface area contributed by atoms with Crippen molar-refractivity contribution in [1.29, 1.82) is 5.26 Å². The number of carbonyl (C=O) groups is 1. The number of esters is 1. The normalized spacial score (nSPS) is 10.2. The van der Waals surface area contributed by atoms with E-state index < -0.39 is 5.97 Å². The van der Waals surface area contributed by atoms with Gasteiger partial charge in [-0.15, -0.1) is 0 Å². The van der Waals surface area contributed by atoms with Crippen LogP contribution in [0.1, 0.15) is 16.7 Å². The zero-order valence-electron chi connectivity index (χ0n) is 10.8. The third kappa shape index (κ3) is 4.11. The predicted octanol–water partition coefficient (Wildman–Crippen LogP) is 3.31. The molecular weight excluding hydrogens is 250 g/mol. The summed E-state index contributed by atoms with van der Waals surface area (Å²) >= 11 is 0. The Kier molecular flexibility index (Phi) is 4.69. The molecule has 0 unspecified atom stereocenters. The van der Waals surface area contributed by atoms with Crippen molar-refractivity contribution < 1.29 is 9.53 Å². The molecule has 3 nitrogen and oxygen atoms in total. The van der Waals surface area contributed by atoms with Crippen molar-refractivity contribution in [2.24, 2.45) is 0 Å². The highest BCUT2D eigenvalue weighted by Crippen LogP contribution is 2.06. The monoisotopic (exact) mass is 263 g/mol. The van der Waals surface area contributed by atoms with Crippen LogP contribution in [0.2, 0.25) is 0 Å². The lowest BCUT2D eigenvalue weighted by molar-refractivity contribution is -0.138. The van der Waals surface area contributed by atoms with Crippen molar-refractivity contribution in [1.82, 2.24) is 0 Å². The molecule has 2 aromatic rings. The molecule has 2 aromatic carbocycles. The number of rotatable bonds is 4. The van der Waals surface area contributed by atoms with Gasteiger partial charge in [-0.1, -0.05) is 42.5 Å². The molecule has 0 bridgehead atoms. The lowest BCUT2D eigenvalue weighted by atomic mass is 10.2. The van der Waals surface area contributed by atoms with Gasteiger partial charge in [0.1, 0.15) is 6.61 Å². The van der Waals surface area contributed by atoms with Crippen LogP contribution in [0.15, 0.2) is 60.7 Å². The van der Waals surface area contributed by atoms with Crippen molar-refractivity contribution in [3.8, 4) is 6.07 Å². The highest BCUT2D eigenvalue weighted by atomic mass is 16.5. The van der Waals surface area contributed by atoms with Gasteiger partial charge >= 0.3 is 5.97 Å². The Labute approximate surface area is 117 Å². The van der Waals surface area contributed by atoms with Crippen molar-refractivity contribution in [3.63, 3.8) is 0 Å². The highest BCUT2D eigenvalue weighted by molar-refractivity contribution is 5.87. The molecule has 3 heteroatoms. The molecule has 0 amide bonds. The van der Waals surface area contributed by atoms with Crippen LogP contribution < -0.4 is 0 Å². The number of ether oxygens (including phenoxy) is 1. The molecule has 0 radical (unpaired) electrons. The van der Waals surface area contributed by atoms with Crippen LogP contribution in [-0.4, -0.2) is 5.97 Å². The summed E-state index contributed by atoms with van der Waals surface area (Å²) in [6, 6.07) is 18.5. The molecule has 0 aliphatic heterocycles. The quantitative estimate of drug-likeness (QED) is 0.628. The maximum Gasteiger partial charge on any atom is 0.331 e. The van der Waals surface area contributed by atoms with E-state index in [0.29, 0.717) is 5.56 Å². The molecule has 0 fully saturated rings. The van der Waals surface area contributed by atoms with Crippen molar-refractivity contribution in [3.05, 3.63) is 77.4 Å². The SMILES string of the molecule is N#Cc1ccc(COC(=O)/C=C/c2ccccc2)cc1. The summed E-state index contributed by atoms with van der Waals surface area (Å²) in [4.78, 5) is 11.6. The van der Waals surface area contributed by atoms with Gasteiger partial charge in [0.05, 0.1) is 11.6 Å². The lowest BCUT2D eigenvalue weighted by Gasteiger charge is -2.02. The standard InChI is InChI=1S/C17H13NO2/c18-12-15-6-8-16(9-7-15)13-20-17(19)11-10-14-4-2-1-3-5-14/h1-11H,13H2/b11-10+. The molecule has 0 saturated heterocycles. The van der Waals surface area contributed by atoms with E-state index in [1.807, 2.05) is 36.4 Å². The second kappa shape index (κ2) is 6.91. The van der Waals surface area contributed by atoms with Crippen molar-refractivity contribution in [2.75, 3.05) is 0 Å². The summed E-state index contributed by atoms with van der Waals surface area (Å²) in [7, 11) is 0. The van der Waals surface area contributed by atoms with Crippen molar-refractivity contribution >= 4 is 12.0 Å². The molecule has 0 N–H and O–H groups in total. The third-order valence-electron chi connectivity index (χ3n) is 2.68. The van der Waals surface area contributed by atoms with Gasteiger partial charge in [-0.25, -0.2) is 4.79 Å². The Hall–Kier alpha value is -2.86. The maximum atomic E-state index is 11.6. The maximum absolute atomic E-state index is 11.6. The Morgan fingerprint density at radius 1 is 1.10 bits per heavy atom. The Balaban J connectivity index is 1.86. The fourth-order valence-corrected chi connectivity index (χ4v) is 1.61. The van der Waals surface area contributed by atoms with Crippen LogP contribution in [0.4, 0.5) is 0 Å². The Bertz CT molecular complexity index is 637. The molecule has 0 heterocycles. The van der Waals surface area contributed by atoms with E-state index in [0.717, 1.165) is 11.1 Å². The number of benzene rings is 2. The first kappa shape index (κ1) is 13.6. The minimum absolute atomic E-state index is 0.198. The van der Waals surface area contributed by atoms with Gasteiger partial charge < -0.3 is 4.74 Å². The molecular formula is C17H13NO2. The average molecular weight is 263 g/mol. The largest absolute Gasteiger partial charge is 0.458 e. The molecule has 98 valence electrons. The molecule has 0 spiro atoms. The minimum atomic E-state index is -0.391. The van der Waals surface area contributed by atoms with Crippen LogP contribution in [0.25, 0.3) is 6.08 Å². The molecule has 0 saturated carbocycles. The van der Waals surface area contributed by atoms with Crippen LogP contribution in [0, 0.1) is 11.3 Å². The van der Waals surface area contributed by atoms with E-state index in [-0.39, 0.29) is 6.61 Å². The Morgan fingerprint density at radius 2 is 1.80 bits per heavy atom. The number of carbonyl (C=O) groups excluding carboxylic acids is 1. The van der Waals surface area contributed by atoms with E-state index in [2.05, 4.69) is 0 Å². The smallest absolute Gasteiger partial charge is 0.331 e. The van der Waals surface area contributed by atoms with E-state index in [1.54, 1.807) is 30.3 Å². The van der Waals surface area contributed by atoms with Crippen LogP contribution >= 0.6 is 0 Å². The summed E-state index contributed by atoms with van der Waals surface area (Å²) in [5.41, 5.74) is 2.39. The summed E-state index contributed by atoms with van der Waals surface area (Å²) in [5, 5.41) is 8.68. The fraction of sp³-hybridized carbons (Fsp3) is 0.0588. The number of nitriles is 1. The summed E-state index contributed by atoms with van der Waals surface area (Å²) in [6.45, 7) is 0.198. The summed E-state index contributed by atoms with van der Waals surface area (Å²) in [6.07, 6.45) is 3.11. The lowest BCUT2D eigenvalue weighted by Crippen LogP contribution is -2.00. The summed E-state index contributed by atoms with van der Waals surface area (Å²) < 4.78 is 5.11. The molecule has 0 aliphatic carbocycles. The predicted molar refractivity (Wildman–Crippen MR) is 76.4 cm³/mol. The van der Waals surface area contributed by atoms with Crippen LogP contribution in [-0.2, 0) is 16.1 Å². The van der Waals surface area contributed by atoms with E-state index in [9.17, 15) is 4.79 Å². The van der Waals surface area contributed by atoms with Crippen LogP contribution in [0.5, 0.6) is 0 Å². The van der Waals surface area contributed by atoms with Gasteiger partial charge in [-0.3, -0.25) is 0 Å². The Morgan fingerprint density at radius 3 is 2.45 bits per heavy atom. The number of hydrogen-bond donors (Lipinski definition) is 0. The second-order valence-electron chi connectivity index (χ2n) is 4.16. The zero-order chi connectivity index (χ0) is 14.2. The van der Waals surface area contributed by atoms with Gasteiger partial charge in [0.15, 0.2) is 0 Å². The molecule has 0 aliphatic rings. The molecule has 2 rings (SSSR count). The molecule has 20 heavy (non-hydrogen) atoms. The van der Waals surface area contributed by atoms with Gasteiger partial charge in [0.2, 0.25) is 0 Å². The molecule has 0 aromatic heterocycles. The molecule has 0 atom stereocenters. The van der Waals surface area contributed by atoms with Crippen molar-refractivity contribution in [2.45, 2.75) is 6.61 Å². The second-order valence-corrected chi connectivity index (χ2v) is 4.16. The van der Waals surface area contributed by atoms with E-state index >= 15 is 0 Å². The topological polar surface area (TPSA) is 50.1 Å². The fourth-order valence-electron chi connectivity index (χ4n) is 1.61. The zero-order valence-corrected chi connectivity index (χ0v) is 10.8. The first-order valence-corrected chi connectivity index (χ1v) is 6.17. The van der Waals surface area contributed by atoms with E-state index in [4.69, 9.17) is 10.00 Å². The number of nitrogens with zero attached hydrogens (tertiary/aromatic N) is 1. The van der Waals surface area contributed by atoms with Gasteiger partial charge in [0, 0.05) is 6.08 Å².